The Hall–Kier alpha value is -3.16. The van der Waals surface area contributed by atoms with Gasteiger partial charge in [-0.1, -0.05) is 331 Å². The Labute approximate surface area is 540 Å². The van der Waals surface area contributed by atoms with Gasteiger partial charge in [-0.3, -0.25) is 9.59 Å². The molecule has 8 unspecified atom stereocenters. The summed E-state index contributed by atoms with van der Waals surface area (Å²) in [5.41, 5.74) is 0. The smallest absolute Gasteiger partial charge is 0.306 e. The number of unbranched alkanes of at least 4 members (excludes halogenated alkanes) is 37. The van der Waals surface area contributed by atoms with E-state index in [9.17, 15) is 35.1 Å². The van der Waals surface area contributed by atoms with Gasteiger partial charge in [0, 0.05) is 6.42 Å². The maximum Gasteiger partial charge on any atom is 0.306 e. The number of amides is 1. The van der Waals surface area contributed by atoms with Gasteiger partial charge in [0.05, 0.1) is 25.4 Å². The highest BCUT2D eigenvalue weighted by Gasteiger charge is 2.47. The second-order valence-corrected chi connectivity index (χ2v) is 25.3. The van der Waals surface area contributed by atoms with Gasteiger partial charge in [0.2, 0.25) is 5.91 Å². The number of esters is 1. The van der Waals surface area contributed by atoms with Crippen LogP contribution < -0.4 is 5.32 Å². The molecule has 0 aromatic rings. The molecule has 0 spiro atoms. The number of carbonyl (C=O) groups is 2. The van der Waals surface area contributed by atoms with E-state index in [-0.39, 0.29) is 19.4 Å². The standard InChI is InChI=1S/C77H137NO10/c1-4-7-10-13-16-19-22-25-27-29-31-33-35-37-38-40-42-44-46-49-52-55-58-61-64-70(81)76(85)78-68(69(80)63-60-57-54-51-48-24-21-18-15-12-9-6-3)67-86-77-75(74(84)73(83)71(66-79)87-77)88-72(82)65-62-59-56-53-50-47-45-43-41-39-36-34-32-30-28-26-23-20-17-14-11-8-5-2/h7,10,16,19,25,27,31,33,37-38,42,44,60,63,68-71,73-75,77,79-81,83-84H,4-6,8-9,11-15,17-18,20-24,26,28-30,32,34-36,39-41,43,45-59,61-62,64-67H2,1-3H3,(H,78,85)/b10-7-,19-16-,27-25-,33-31-,38-37-,44-42-,63-60+. The molecular formula is C77H137NO10. The Bertz CT molecular complexity index is 1760. The van der Waals surface area contributed by atoms with Crippen molar-refractivity contribution in [2.24, 2.45) is 0 Å². The zero-order chi connectivity index (χ0) is 63.9. The molecule has 510 valence electrons. The maximum atomic E-state index is 13.5. The van der Waals surface area contributed by atoms with Crippen molar-refractivity contribution in [3.05, 3.63) is 85.1 Å². The van der Waals surface area contributed by atoms with Crippen LogP contribution in [0, 0.1) is 0 Å². The van der Waals surface area contributed by atoms with Crippen LogP contribution in [-0.2, 0) is 23.8 Å². The van der Waals surface area contributed by atoms with E-state index in [1.54, 1.807) is 6.08 Å². The van der Waals surface area contributed by atoms with Crippen molar-refractivity contribution >= 4 is 11.9 Å². The predicted octanol–water partition coefficient (Wildman–Crippen LogP) is 19.2. The van der Waals surface area contributed by atoms with Crippen molar-refractivity contribution in [1.29, 1.82) is 0 Å². The molecular weight excluding hydrogens is 1100 g/mol. The molecule has 8 atom stereocenters. The molecule has 0 aliphatic carbocycles. The number of allylic oxidation sites excluding steroid dienone is 13. The number of nitrogens with one attached hydrogen (secondary N) is 1. The number of hydrogen-bond donors (Lipinski definition) is 6. The minimum Gasteiger partial charge on any atom is -0.454 e. The van der Waals surface area contributed by atoms with Gasteiger partial charge in [0.15, 0.2) is 12.4 Å². The number of rotatable bonds is 63. The van der Waals surface area contributed by atoms with Crippen LogP contribution in [0.15, 0.2) is 85.1 Å². The third-order valence-corrected chi connectivity index (χ3v) is 17.1. The minimum absolute atomic E-state index is 0.123. The fraction of sp³-hybridized carbons (Fsp3) is 0.792. The van der Waals surface area contributed by atoms with Crippen LogP contribution >= 0.6 is 0 Å². The Balaban J connectivity index is 2.57. The van der Waals surface area contributed by atoms with E-state index < -0.39 is 67.4 Å². The quantitative estimate of drug-likeness (QED) is 0.0195. The van der Waals surface area contributed by atoms with Crippen LogP contribution in [0.25, 0.3) is 0 Å². The number of aliphatic hydroxyl groups excluding tert-OH is 5. The van der Waals surface area contributed by atoms with Crippen molar-refractivity contribution in [3.8, 4) is 0 Å². The monoisotopic (exact) mass is 1240 g/mol. The van der Waals surface area contributed by atoms with Gasteiger partial charge in [-0.2, -0.15) is 0 Å². The van der Waals surface area contributed by atoms with Crippen molar-refractivity contribution in [3.63, 3.8) is 0 Å². The SMILES string of the molecule is CC/C=C\C/C=C\C/C=C\C/C=C\C/C=C\C/C=C\CCCCCCCC(O)C(=O)NC(COC1OC(CO)C(O)C(O)C1OC(=O)CCCCCCCCCCCCCCCCCCCCCCCCC)C(O)/C=C/CCCCCCCCCCCC. The summed E-state index contributed by atoms with van der Waals surface area (Å²) in [5, 5.41) is 57.3. The van der Waals surface area contributed by atoms with E-state index >= 15 is 0 Å². The Morgan fingerprint density at radius 1 is 0.455 bits per heavy atom. The molecule has 6 N–H and O–H groups in total. The molecule has 1 saturated heterocycles. The van der Waals surface area contributed by atoms with Crippen LogP contribution in [0.2, 0.25) is 0 Å². The lowest BCUT2D eigenvalue weighted by atomic mass is 9.99. The number of aliphatic hydroxyl groups is 5. The molecule has 1 heterocycles. The molecule has 11 heteroatoms. The average Bonchev–Trinajstić information content (AvgIpc) is 3.72. The fourth-order valence-electron chi connectivity index (χ4n) is 11.3. The van der Waals surface area contributed by atoms with Gasteiger partial charge in [-0.25, -0.2) is 0 Å². The lowest BCUT2D eigenvalue weighted by Crippen LogP contribution is -2.61. The van der Waals surface area contributed by atoms with Crippen molar-refractivity contribution in [2.75, 3.05) is 13.2 Å². The third-order valence-electron chi connectivity index (χ3n) is 17.1. The molecule has 1 aliphatic rings. The highest BCUT2D eigenvalue weighted by molar-refractivity contribution is 5.80. The van der Waals surface area contributed by atoms with Crippen molar-refractivity contribution in [2.45, 2.75) is 378 Å². The molecule has 0 aromatic carbocycles. The highest BCUT2D eigenvalue weighted by atomic mass is 16.7. The van der Waals surface area contributed by atoms with Crippen LogP contribution in [0.4, 0.5) is 0 Å². The highest BCUT2D eigenvalue weighted by Crippen LogP contribution is 2.26. The van der Waals surface area contributed by atoms with Crippen LogP contribution in [0.1, 0.15) is 329 Å². The van der Waals surface area contributed by atoms with Gasteiger partial charge >= 0.3 is 5.97 Å². The largest absolute Gasteiger partial charge is 0.454 e. The minimum atomic E-state index is -1.62. The first-order chi connectivity index (χ1) is 43.2. The first kappa shape index (κ1) is 82.9. The molecule has 1 aliphatic heterocycles. The van der Waals surface area contributed by atoms with E-state index in [0.29, 0.717) is 12.8 Å². The molecule has 0 bridgehead atoms. The Morgan fingerprint density at radius 2 is 0.818 bits per heavy atom. The normalized spacial score (nSPS) is 18.7. The number of carbonyl (C=O) groups excluding carboxylic acids is 2. The molecule has 1 amide bonds. The summed E-state index contributed by atoms with van der Waals surface area (Å²) in [4.78, 5) is 26.7. The number of hydrogen-bond acceptors (Lipinski definition) is 10. The lowest BCUT2D eigenvalue weighted by molar-refractivity contribution is -0.305. The Morgan fingerprint density at radius 3 is 1.23 bits per heavy atom. The molecule has 0 radical (unpaired) electrons. The summed E-state index contributed by atoms with van der Waals surface area (Å²) in [7, 11) is 0. The summed E-state index contributed by atoms with van der Waals surface area (Å²) in [6.07, 6.45) is 74.8. The van der Waals surface area contributed by atoms with Gasteiger partial charge in [-0.15, -0.1) is 0 Å². The molecule has 11 nitrogen and oxygen atoms in total. The zero-order valence-electron chi connectivity index (χ0n) is 56.8. The first-order valence-electron chi connectivity index (χ1n) is 36.9. The maximum absolute atomic E-state index is 13.5. The molecule has 1 rings (SSSR count). The van der Waals surface area contributed by atoms with Gasteiger partial charge < -0.3 is 45.1 Å². The molecule has 0 aromatic heterocycles. The molecule has 1 fully saturated rings. The summed E-state index contributed by atoms with van der Waals surface area (Å²) >= 11 is 0. The van der Waals surface area contributed by atoms with Gasteiger partial charge in [-0.05, 0) is 77.0 Å². The van der Waals surface area contributed by atoms with E-state index in [2.05, 4.69) is 99.0 Å². The van der Waals surface area contributed by atoms with Crippen molar-refractivity contribution < 1.29 is 49.3 Å². The topological polar surface area (TPSA) is 175 Å². The summed E-state index contributed by atoms with van der Waals surface area (Å²) < 4.78 is 17.7. The number of ether oxygens (including phenoxy) is 3. The van der Waals surface area contributed by atoms with Crippen LogP contribution in [0.5, 0.6) is 0 Å². The molecule has 88 heavy (non-hydrogen) atoms. The average molecular weight is 1240 g/mol. The van der Waals surface area contributed by atoms with Gasteiger partial charge in [0.25, 0.3) is 0 Å². The molecule has 0 saturated carbocycles. The van der Waals surface area contributed by atoms with Crippen LogP contribution in [-0.4, -0.2) is 99.6 Å². The second kappa shape index (κ2) is 64.0. The van der Waals surface area contributed by atoms with E-state index in [1.165, 1.54) is 173 Å². The van der Waals surface area contributed by atoms with Gasteiger partial charge in [0.1, 0.15) is 24.4 Å². The first-order valence-corrected chi connectivity index (χ1v) is 36.9. The Kier molecular flexibility index (Phi) is 60.2. The van der Waals surface area contributed by atoms with E-state index in [0.717, 1.165) is 109 Å². The predicted molar refractivity (Wildman–Crippen MR) is 370 cm³/mol. The lowest BCUT2D eigenvalue weighted by Gasteiger charge is -2.41. The van der Waals surface area contributed by atoms with Crippen molar-refractivity contribution in [1.82, 2.24) is 5.32 Å². The second-order valence-electron chi connectivity index (χ2n) is 25.3. The summed E-state index contributed by atoms with van der Waals surface area (Å²) in [5.74, 6) is -1.20. The zero-order valence-corrected chi connectivity index (χ0v) is 56.8. The van der Waals surface area contributed by atoms with E-state index in [1.807, 2.05) is 6.08 Å². The van der Waals surface area contributed by atoms with E-state index in [4.69, 9.17) is 14.2 Å². The van der Waals surface area contributed by atoms with Crippen LogP contribution in [0.3, 0.4) is 0 Å². The third kappa shape index (κ3) is 50.5. The summed E-state index contributed by atoms with van der Waals surface area (Å²) in [6.45, 7) is 5.71. The fourth-order valence-corrected chi connectivity index (χ4v) is 11.3. The summed E-state index contributed by atoms with van der Waals surface area (Å²) in [6, 6.07) is -1.04.